The minimum Gasteiger partial charge on any atom is -0.396 e. The van der Waals surface area contributed by atoms with E-state index in [4.69, 9.17) is 17.3 Å². The van der Waals surface area contributed by atoms with Crippen LogP contribution >= 0.6 is 11.6 Å². The predicted octanol–water partition coefficient (Wildman–Crippen LogP) is 2.70. The maximum absolute atomic E-state index is 5.91. The zero-order valence-corrected chi connectivity index (χ0v) is 9.50. The third kappa shape index (κ3) is 2.53. The summed E-state index contributed by atoms with van der Waals surface area (Å²) in [6.07, 6.45) is 5.04. The Hall–Kier alpha value is -0.960. The van der Waals surface area contributed by atoms with E-state index >= 15 is 0 Å². The normalized spacial score (nSPS) is 17.5. The van der Waals surface area contributed by atoms with Crippen LogP contribution in [0.25, 0.3) is 0 Å². The van der Waals surface area contributed by atoms with E-state index < -0.39 is 0 Å². The van der Waals surface area contributed by atoms with Crippen LogP contribution in [0.2, 0.25) is 5.15 Å². The SMILES string of the molecule is Nc1ccc(Cl)nc1N1CCCCCC1. The van der Waals surface area contributed by atoms with Gasteiger partial charge in [0.2, 0.25) is 0 Å². The van der Waals surface area contributed by atoms with Crippen molar-refractivity contribution in [2.75, 3.05) is 23.7 Å². The van der Waals surface area contributed by atoms with E-state index in [2.05, 4.69) is 9.88 Å². The molecule has 4 heteroatoms. The molecule has 0 unspecified atom stereocenters. The Balaban J connectivity index is 2.22. The van der Waals surface area contributed by atoms with Crippen LogP contribution in [0.4, 0.5) is 11.5 Å². The number of rotatable bonds is 1. The van der Waals surface area contributed by atoms with Gasteiger partial charge in [-0.1, -0.05) is 24.4 Å². The average Bonchev–Trinajstić information content (AvgIpc) is 2.50. The molecule has 82 valence electrons. The molecule has 0 aliphatic carbocycles. The maximum Gasteiger partial charge on any atom is 0.153 e. The molecule has 2 heterocycles. The van der Waals surface area contributed by atoms with Gasteiger partial charge in [0.15, 0.2) is 5.82 Å². The Morgan fingerprint density at radius 3 is 2.47 bits per heavy atom. The van der Waals surface area contributed by atoms with Gasteiger partial charge < -0.3 is 10.6 Å². The minimum absolute atomic E-state index is 0.517. The quantitative estimate of drug-likeness (QED) is 0.748. The van der Waals surface area contributed by atoms with Crippen LogP contribution in [-0.2, 0) is 0 Å². The Kier molecular flexibility index (Phi) is 3.31. The molecule has 1 aliphatic heterocycles. The molecule has 2 rings (SSSR count). The van der Waals surface area contributed by atoms with E-state index in [1.807, 2.05) is 6.07 Å². The number of pyridine rings is 1. The standard InChI is InChI=1S/C11H16ClN3/c12-10-6-5-9(13)11(14-10)15-7-3-1-2-4-8-15/h5-6H,1-4,7-8,13H2. The number of nitrogens with zero attached hydrogens (tertiary/aromatic N) is 2. The maximum atomic E-state index is 5.91. The fourth-order valence-electron chi connectivity index (χ4n) is 1.97. The van der Waals surface area contributed by atoms with Gasteiger partial charge in [-0.15, -0.1) is 0 Å². The first-order valence-corrected chi connectivity index (χ1v) is 5.82. The molecule has 1 saturated heterocycles. The Morgan fingerprint density at radius 1 is 1.13 bits per heavy atom. The van der Waals surface area contributed by atoms with E-state index in [1.165, 1.54) is 25.7 Å². The van der Waals surface area contributed by atoms with Gasteiger partial charge in [-0.3, -0.25) is 0 Å². The summed E-state index contributed by atoms with van der Waals surface area (Å²) in [6.45, 7) is 2.08. The van der Waals surface area contributed by atoms with Gasteiger partial charge in [0.1, 0.15) is 5.15 Å². The van der Waals surface area contributed by atoms with E-state index in [-0.39, 0.29) is 0 Å². The van der Waals surface area contributed by atoms with Crippen molar-refractivity contribution < 1.29 is 0 Å². The summed E-state index contributed by atoms with van der Waals surface area (Å²) in [4.78, 5) is 6.55. The average molecular weight is 226 g/mol. The number of nitrogen functional groups attached to an aromatic ring is 1. The van der Waals surface area contributed by atoms with Gasteiger partial charge >= 0.3 is 0 Å². The second kappa shape index (κ2) is 4.71. The highest BCUT2D eigenvalue weighted by Gasteiger charge is 2.13. The zero-order chi connectivity index (χ0) is 10.7. The monoisotopic (exact) mass is 225 g/mol. The lowest BCUT2D eigenvalue weighted by Gasteiger charge is -2.22. The highest BCUT2D eigenvalue weighted by Crippen LogP contribution is 2.25. The molecular weight excluding hydrogens is 210 g/mol. The van der Waals surface area contributed by atoms with Gasteiger partial charge in [0.05, 0.1) is 5.69 Å². The summed E-state index contributed by atoms with van der Waals surface area (Å²) in [5, 5.41) is 0.517. The second-order valence-corrected chi connectivity index (χ2v) is 4.34. The highest BCUT2D eigenvalue weighted by molar-refractivity contribution is 6.29. The third-order valence-electron chi connectivity index (χ3n) is 2.78. The number of nitrogens with two attached hydrogens (primary N) is 1. The van der Waals surface area contributed by atoms with Crippen molar-refractivity contribution in [2.45, 2.75) is 25.7 Å². The van der Waals surface area contributed by atoms with Gasteiger partial charge in [-0.25, -0.2) is 4.98 Å². The van der Waals surface area contributed by atoms with Crippen LogP contribution in [0, 0.1) is 0 Å². The minimum atomic E-state index is 0.517. The molecule has 0 amide bonds. The third-order valence-corrected chi connectivity index (χ3v) is 2.99. The van der Waals surface area contributed by atoms with Crippen LogP contribution in [0.3, 0.4) is 0 Å². The molecule has 0 radical (unpaired) electrons. The highest BCUT2D eigenvalue weighted by atomic mass is 35.5. The topological polar surface area (TPSA) is 42.1 Å². The largest absolute Gasteiger partial charge is 0.396 e. The molecule has 3 nitrogen and oxygen atoms in total. The van der Waals surface area contributed by atoms with E-state index in [1.54, 1.807) is 6.07 Å². The molecule has 0 bridgehead atoms. The van der Waals surface area contributed by atoms with Crippen LogP contribution in [-0.4, -0.2) is 18.1 Å². The first-order valence-electron chi connectivity index (χ1n) is 5.44. The summed E-state index contributed by atoms with van der Waals surface area (Å²) in [5.74, 6) is 0.851. The molecule has 15 heavy (non-hydrogen) atoms. The predicted molar refractivity (Wildman–Crippen MR) is 64.3 cm³/mol. The number of hydrogen-bond acceptors (Lipinski definition) is 3. The lowest BCUT2D eigenvalue weighted by molar-refractivity contribution is 0.726. The van der Waals surface area contributed by atoms with Crippen molar-refractivity contribution >= 4 is 23.1 Å². The van der Waals surface area contributed by atoms with Crippen molar-refractivity contribution in [3.05, 3.63) is 17.3 Å². The lowest BCUT2D eigenvalue weighted by atomic mass is 10.2. The van der Waals surface area contributed by atoms with Crippen LogP contribution in [0.5, 0.6) is 0 Å². The summed E-state index contributed by atoms with van der Waals surface area (Å²) in [5.41, 5.74) is 6.63. The van der Waals surface area contributed by atoms with E-state index in [9.17, 15) is 0 Å². The summed E-state index contributed by atoms with van der Waals surface area (Å²) < 4.78 is 0. The number of hydrogen-bond donors (Lipinski definition) is 1. The molecule has 1 aromatic heterocycles. The zero-order valence-electron chi connectivity index (χ0n) is 8.75. The van der Waals surface area contributed by atoms with Crippen LogP contribution in [0.1, 0.15) is 25.7 Å². The smallest absolute Gasteiger partial charge is 0.153 e. The fourth-order valence-corrected chi connectivity index (χ4v) is 2.11. The van der Waals surface area contributed by atoms with Gasteiger partial charge in [0.25, 0.3) is 0 Å². The molecule has 0 atom stereocenters. The fraction of sp³-hybridized carbons (Fsp3) is 0.545. The van der Waals surface area contributed by atoms with Gasteiger partial charge in [0, 0.05) is 13.1 Å². The van der Waals surface area contributed by atoms with E-state index in [0.29, 0.717) is 5.15 Å². The number of halogens is 1. The summed E-state index contributed by atoms with van der Waals surface area (Å²) in [6, 6.07) is 3.56. The summed E-state index contributed by atoms with van der Waals surface area (Å²) in [7, 11) is 0. The molecule has 1 fully saturated rings. The Morgan fingerprint density at radius 2 is 1.80 bits per heavy atom. The molecule has 0 aromatic carbocycles. The molecule has 2 N–H and O–H groups in total. The molecule has 1 aliphatic rings. The van der Waals surface area contributed by atoms with Crippen molar-refractivity contribution in [2.24, 2.45) is 0 Å². The first kappa shape index (κ1) is 10.6. The molecule has 1 aromatic rings. The first-order chi connectivity index (χ1) is 7.27. The van der Waals surface area contributed by atoms with Gasteiger partial charge in [-0.2, -0.15) is 0 Å². The summed E-state index contributed by atoms with van der Waals surface area (Å²) >= 11 is 5.88. The lowest BCUT2D eigenvalue weighted by Crippen LogP contribution is -2.25. The van der Waals surface area contributed by atoms with Crippen LogP contribution < -0.4 is 10.6 Å². The van der Waals surface area contributed by atoms with Crippen molar-refractivity contribution in [1.82, 2.24) is 4.98 Å². The van der Waals surface area contributed by atoms with Crippen molar-refractivity contribution in [1.29, 1.82) is 0 Å². The molecular formula is C11H16ClN3. The molecule has 0 saturated carbocycles. The van der Waals surface area contributed by atoms with Crippen molar-refractivity contribution in [3.63, 3.8) is 0 Å². The second-order valence-electron chi connectivity index (χ2n) is 3.95. The van der Waals surface area contributed by atoms with Crippen LogP contribution in [0.15, 0.2) is 12.1 Å². The number of anilines is 2. The van der Waals surface area contributed by atoms with Gasteiger partial charge in [-0.05, 0) is 25.0 Å². The molecule has 0 spiro atoms. The van der Waals surface area contributed by atoms with E-state index in [0.717, 1.165) is 24.6 Å². The Labute approximate surface area is 95.2 Å². The number of aromatic nitrogens is 1. The Bertz CT molecular complexity index is 333. The van der Waals surface area contributed by atoms with Crippen molar-refractivity contribution in [3.8, 4) is 0 Å².